The highest BCUT2D eigenvalue weighted by atomic mass is 32.2. The molecular weight excluding hydrogens is 539 g/mol. The number of benzene rings is 3. The van der Waals surface area contributed by atoms with E-state index in [0.29, 0.717) is 10.9 Å². The molecule has 4 heterocycles. The van der Waals surface area contributed by atoms with Crippen LogP contribution in [0, 0.1) is 6.07 Å². The monoisotopic (exact) mass is 560 g/mol. The first-order chi connectivity index (χ1) is 19.7. The highest BCUT2D eigenvalue weighted by Crippen LogP contribution is 2.50. The number of ether oxygens (including phenoxy) is 3. The zero-order valence-corrected chi connectivity index (χ0v) is 23.3. The molecule has 8 heteroatoms. The van der Waals surface area contributed by atoms with Crippen molar-refractivity contribution >= 4 is 34.0 Å². The van der Waals surface area contributed by atoms with Gasteiger partial charge in [0.2, 0.25) is 6.79 Å². The van der Waals surface area contributed by atoms with Crippen molar-refractivity contribution in [2.45, 2.75) is 5.16 Å². The summed E-state index contributed by atoms with van der Waals surface area (Å²) in [5, 5.41) is 3.74. The zero-order valence-electron chi connectivity index (χ0n) is 21.7. The van der Waals surface area contributed by atoms with Crippen molar-refractivity contribution in [3.05, 3.63) is 90.4 Å². The summed E-state index contributed by atoms with van der Waals surface area (Å²) in [5.74, 6) is 2.21. The first-order valence-corrected chi connectivity index (χ1v) is 14.7. The van der Waals surface area contributed by atoms with Gasteiger partial charge in [0, 0.05) is 50.3 Å². The number of para-hydroxylation sites is 1. The minimum absolute atomic E-state index is 0.211. The van der Waals surface area contributed by atoms with E-state index >= 15 is 0 Å². The molecule has 1 aliphatic heterocycles. The molecule has 3 aromatic carbocycles. The maximum atomic E-state index is 5.92. The van der Waals surface area contributed by atoms with Crippen molar-refractivity contribution in [1.29, 1.82) is 0 Å². The largest absolute Gasteiger partial charge is 0.496 e. The molecule has 7 rings (SSSR count). The molecule has 0 saturated carbocycles. The molecule has 195 valence electrons. The standard InChI is InChI=1S/C32H22N3O3S2/c1-36-24-10-4-3-7-21(24)29-28-20(22-14-15-33-32(35-22)39-2)8-5-9-23(28)34-31(30(29)27-11-6-16-40-27)19-12-13-25-26(17-19)38-18-37-25/h3-8,10-17H,18H2,1-2H3. The van der Waals surface area contributed by atoms with Crippen LogP contribution in [0.25, 0.3) is 55.0 Å². The normalized spacial score (nSPS) is 12.2. The summed E-state index contributed by atoms with van der Waals surface area (Å²) in [6.45, 7) is 0.211. The quantitative estimate of drug-likeness (QED) is 0.151. The van der Waals surface area contributed by atoms with Crippen LogP contribution in [0.15, 0.2) is 89.5 Å². The number of aromatic nitrogens is 3. The van der Waals surface area contributed by atoms with Crippen LogP contribution < -0.4 is 14.2 Å². The lowest BCUT2D eigenvalue weighted by Gasteiger charge is -2.20. The molecule has 40 heavy (non-hydrogen) atoms. The zero-order chi connectivity index (χ0) is 27.1. The Kier molecular flexibility index (Phi) is 6.34. The molecule has 0 saturated heterocycles. The molecule has 0 N–H and O–H groups in total. The molecule has 0 spiro atoms. The molecule has 0 fully saturated rings. The lowest BCUT2D eigenvalue weighted by Crippen LogP contribution is -1.99. The number of rotatable bonds is 6. The SMILES string of the molecule is COc1ccccc1-c1c(-c2cccs2)c(-c2ccc3c(c2)OCO3)nc2[c]ccc(-c3ccnc(SC)n3)c12. The fourth-order valence-corrected chi connectivity index (χ4v) is 6.21. The Balaban J connectivity index is 1.65. The fraction of sp³-hybridized carbons (Fsp3) is 0.0938. The average molecular weight is 561 g/mol. The van der Waals surface area contributed by atoms with Crippen LogP contribution in [0.2, 0.25) is 0 Å². The van der Waals surface area contributed by atoms with Gasteiger partial charge in [0.15, 0.2) is 16.7 Å². The van der Waals surface area contributed by atoms with Gasteiger partial charge in [-0.25, -0.2) is 15.0 Å². The number of nitrogens with zero attached hydrogens (tertiary/aromatic N) is 3. The summed E-state index contributed by atoms with van der Waals surface area (Å²) in [5.41, 5.74) is 7.24. The van der Waals surface area contributed by atoms with Crippen LogP contribution in [0.1, 0.15) is 0 Å². The van der Waals surface area contributed by atoms with E-state index in [2.05, 4.69) is 34.6 Å². The number of methoxy groups -OCH3 is 1. The Bertz CT molecular complexity index is 1870. The van der Waals surface area contributed by atoms with Crippen LogP contribution >= 0.6 is 23.1 Å². The van der Waals surface area contributed by atoms with Crippen molar-refractivity contribution in [2.24, 2.45) is 0 Å². The first-order valence-electron chi connectivity index (χ1n) is 12.6. The predicted octanol–water partition coefficient (Wildman–Crippen LogP) is 8.01. The lowest BCUT2D eigenvalue weighted by molar-refractivity contribution is 0.174. The Morgan fingerprint density at radius 1 is 0.925 bits per heavy atom. The highest BCUT2D eigenvalue weighted by molar-refractivity contribution is 7.98. The van der Waals surface area contributed by atoms with Gasteiger partial charge < -0.3 is 14.2 Å². The van der Waals surface area contributed by atoms with Crippen LogP contribution in [0.5, 0.6) is 17.2 Å². The van der Waals surface area contributed by atoms with Crippen molar-refractivity contribution in [3.8, 4) is 61.3 Å². The van der Waals surface area contributed by atoms with Crippen molar-refractivity contribution < 1.29 is 14.2 Å². The van der Waals surface area contributed by atoms with Crippen molar-refractivity contribution in [2.75, 3.05) is 20.2 Å². The number of thioether (sulfide) groups is 1. The van der Waals surface area contributed by atoms with Gasteiger partial charge >= 0.3 is 0 Å². The summed E-state index contributed by atoms with van der Waals surface area (Å²) in [4.78, 5) is 15.6. The van der Waals surface area contributed by atoms with Gasteiger partial charge in [0.05, 0.1) is 24.0 Å². The first kappa shape index (κ1) is 24.6. The lowest BCUT2D eigenvalue weighted by atomic mass is 9.88. The number of fused-ring (bicyclic) bond motifs is 2. The summed E-state index contributed by atoms with van der Waals surface area (Å²) >= 11 is 3.19. The van der Waals surface area contributed by atoms with Gasteiger partial charge in [-0.2, -0.15) is 0 Å². The minimum atomic E-state index is 0.211. The third-order valence-corrected chi connectivity index (χ3v) is 8.27. The van der Waals surface area contributed by atoms with Gasteiger partial charge in [-0.3, -0.25) is 0 Å². The molecule has 0 amide bonds. The molecule has 0 aliphatic carbocycles. The van der Waals surface area contributed by atoms with Gasteiger partial charge in [-0.15, -0.1) is 11.3 Å². The van der Waals surface area contributed by atoms with E-state index in [1.165, 1.54) is 11.8 Å². The average Bonchev–Trinajstić information content (AvgIpc) is 3.72. The summed E-state index contributed by atoms with van der Waals surface area (Å²) in [7, 11) is 1.70. The van der Waals surface area contributed by atoms with Crippen LogP contribution in [0.3, 0.4) is 0 Å². The maximum absolute atomic E-state index is 5.92. The summed E-state index contributed by atoms with van der Waals surface area (Å²) in [6.07, 6.45) is 3.78. The minimum Gasteiger partial charge on any atom is -0.496 e. The second-order valence-electron chi connectivity index (χ2n) is 9.00. The van der Waals surface area contributed by atoms with E-state index in [-0.39, 0.29) is 6.79 Å². The molecule has 6 nitrogen and oxygen atoms in total. The van der Waals surface area contributed by atoms with E-state index in [4.69, 9.17) is 24.2 Å². The van der Waals surface area contributed by atoms with Crippen LogP contribution in [0.4, 0.5) is 0 Å². The molecule has 6 aromatic rings. The maximum Gasteiger partial charge on any atom is 0.231 e. The molecule has 1 aliphatic rings. The molecule has 3 aromatic heterocycles. The summed E-state index contributed by atoms with van der Waals surface area (Å²) in [6, 6.07) is 27.6. The Hall–Kier alpha value is -4.40. The van der Waals surface area contributed by atoms with E-state index < -0.39 is 0 Å². The number of hydrogen-bond donors (Lipinski definition) is 0. The fourth-order valence-electron chi connectivity index (χ4n) is 5.08. The van der Waals surface area contributed by atoms with Gasteiger partial charge in [-0.05, 0) is 48.0 Å². The Morgan fingerprint density at radius 3 is 2.67 bits per heavy atom. The smallest absolute Gasteiger partial charge is 0.231 e. The third-order valence-electron chi connectivity index (χ3n) is 6.82. The van der Waals surface area contributed by atoms with Crippen molar-refractivity contribution in [1.82, 2.24) is 15.0 Å². The van der Waals surface area contributed by atoms with Crippen LogP contribution in [-0.4, -0.2) is 35.1 Å². The van der Waals surface area contributed by atoms with E-state index in [0.717, 1.165) is 66.5 Å². The second kappa shape index (κ2) is 10.3. The van der Waals surface area contributed by atoms with E-state index in [9.17, 15) is 0 Å². The van der Waals surface area contributed by atoms with Gasteiger partial charge in [0.1, 0.15) is 5.75 Å². The van der Waals surface area contributed by atoms with E-state index in [1.54, 1.807) is 24.6 Å². The molecule has 0 bridgehead atoms. The van der Waals surface area contributed by atoms with Gasteiger partial charge in [0.25, 0.3) is 0 Å². The second-order valence-corrected chi connectivity index (χ2v) is 10.7. The number of pyridine rings is 1. The summed E-state index contributed by atoms with van der Waals surface area (Å²) < 4.78 is 17.2. The number of thiophene rings is 1. The van der Waals surface area contributed by atoms with Gasteiger partial charge in [-0.1, -0.05) is 48.2 Å². The molecular formula is C32H22N3O3S2. The van der Waals surface area contributed by atoms with Crippen LogP contribution in [-0.2, 0) is 0 Å². The van der Waals surface area contributed by atoms with E-state index in [1.807, 2.05) is 60.9 Å². The Labute approximate surface area is 239 Å². The molecule has 0 atom stereocenters. The topological polar surface area (TPSA) is 66.4 Å². The number of hydrogen-bond acceptors (Lipinski definition) is 8. The predicted molar refractivity (Wildman–Crippen MR) is 160 cm³/mol. The Morgan fingerprint density at radius 2 is 1.82 bits per heavy atom. The molecule has 0 unspecified atom stereocenters. The van der Waals surface area contributed by atoms with Crippen molar-refractivity contribution in [3.63, 3.8) is 0 Å². The highest BCUT2D eigenvalue weighted by Gasteiger charge is 2.26. The molecule has 1 radical (unpaired) electrons. The third kappa shape index (κ3) is 4.16.